The van der Waals surface area contributed by atoms with E-state index < -0.39 is 5.54 Å². The van der Waals surface area contributed by atoms with Crippen molar-refractivity contribution in [3.05, 3.63) is 78.0 Å². The van der Waals surface area contributed by atoms with Crippen LogP contribution >= 0.6 is 0 Å². The largest absolute Gasteiger partial charge is 0.454 e. The Morgan fingerprint density at radius 1 is 0.923 bits per heavy atom. The van der Waals surface area contributed by atoms with Gasteiger partial charge in [-0.25, -0.2) is 0 Å². The number of amidine groups is 1. The summed E-state index contributed by atoms with van der Waals surface area (Å²) in [5.74, 6) is 1.95. The van der Waals surface area contributed by atoms with Gasteiger partial charge in [0.1, 0.15) is 29.4 Å². The van der Waals surface area contributed by atoms with Gasteiger partial charge in [-0.1, -0.05) is 48.5 Å². The number of hydrogen-bond donors (Lipinski definition) is 1. The molecule has 2 aliphatic rings. The zero-order chi connectivity index (χ0) is 17.6. The van der Waals surface area contributed by atoms with Gasteiger partial charge < -0.3 is 15.2 Å². The van der Waals surface area contributed by atoms with Gasteiger partial charge in [0.15, 0.2) is 5.75 Å². The van der Waals surface area contributed by atoms with Crippen molar-refractivity contribution in [1.29, 1.82) is 0 Å². The number of hydrogen-bond acceptors (Lipinski definition) is 5. The predicted molar refractivity (Wildman–Crippen MR) is 99.4 cm³/mol. The molecule has 0 saturated heterocycles. The summed E-state index contributed by atoms with van der Waals surface area (Å²) in [4.78, 5) is 9.44. The summed E-state index contributed by atoms with van der Waals surface area (Å²) < 4.78 is 12.1. The normalized spacial score (nSPS) is 20.7. The van der Waals surface area contributed by atoms with Crippen LogP contribution in [0.25, 0.3) is 11.3 Å². The monoisotopic (exact) mass is 343 g/mol. The minimum Gasteiger partial charge on any atom is -0.454 e. The quantitative estimate of drug-likeness (QED) is 0.734. The van der Waals surface area contributed by atoms with Crippen LogP contribution in [-0.4, -0.2) is 24.0 Å². The highest BCUT2D eigenvalue weighted by atomic mass is 16.5. The smallest absolute Gasteiger partial charge is 0.159 e. The van der Waals surface area contributed by atoms with E-state index in [1.807, 2.05) is 60.7 Å². The molecule has 0 amide bonds. The molecule has 0 saturated carbocycles. The van der Waals surface area contributed by atoms with Gasteiger partial charge in [-0.05, 0) is 12.1 Å². The molecule has 0 radical (unpaired) electrons. The van der Waals surface area contributed by atoms with Gasteiger partial charge in [0, 0.05) is 22.9 Å². The first-order valence-corrected chi connectivity index (χ1v) is 8.52. The van der Waals surface area contributed by atoms with Crippen LogP contribution in [0.2, 0.25) is 0 Å². The average molecular weight is 343 g/mol. The number of aliphatic imine (C=N–C) groups is 1. The van der Waals surface area contributed by atoms with Gasteiger partial charge in [-0.15, -0.1) is 0 Å². The van der Waals surface area contributed by atoms with Crippen molar-refractivity contribution in [2.75, 3.05) is 13.2 Å². The fourth-order valence-electron chi connectivity index (χ4n) is 3.72. The Bertz CT molecular complexity index is 1020. The van der Waals surface area contributed by atoms with Crippen molar-refractivity contribution >= 4 is 5.84 Å². The molecule has 0 bridgehead atoms. The highest BCUT2D eigenvalue weighted by molar-refractivity contribution is 5.84. The maximum atomic E-state index is 6.30. The highest BCUT2D eigenvalue weighted by Gasteiger charge is 2.45. The van der Waals surface area contributed by atoms with Crippen LogP contribution in [0.3, 0.4) is 0 Å². The third-order valence-electron chi connectivity index (χ3n) is 4.84. The lowest BCUT2D eigenvalue weighted by Crippen LogP contribution is -2.42. The van der Waals surface area contributed by atoms with E-state index in [9.17, 15) is 0 Å². The fraction of sp³-hybridized carbons (Fsp3) is 0.143. The Morgan fingerprint density at radius 3 is 2.58 bits per heavy atom. The maximum Gasteiger partial charge on any atom is 0.159 e. The van der Waals surface area contributed by atoms with Crippen molar-refractivity contribution < 1.29 is 9.47 Å². The van der Waals surface area contributed by atoms with Crippen LogP contribution in [0.5, 0.6) is 11.5 Å². The summed E-state index contributed by atoms with van der Waals surface area (Å²) in [5.41, 5.74) is 9.03. The molecule has 2 aliphatic heterocycles. The first-order chi connectivity index (χ1) is 12.8. The number of ether oxygens (including phenoxy) is 2. The Hall–Kier alpha value is -3.18. The lowest BCUT2D eigenvalue weighted by Gasteiger charge is -2.39. The van der Waals surface area contributed by atoms with Crippen LogP contribution in [0, 0.1) is 0 Å². The molecule has 3 aromatic rings. The van der Waals surface area contributed by atoms with E-state index in [0.29, 0.717) is 24.8 Å². The van der Waals surface area contributed by atoms with Crippen LogP contribution in [0.1, 0.15) is 11.1 Å². The maximum absolute atomic E-state index is 6.30. The van der Waals surface area contributed by atoms with Crippen molar-refractivity contribution in [2.24, 2.45) is 10.7 Å². The second kappa shape index (κ2) is 5.68. The average Bonchev–Trinajstić information content (AvgIpc) is 2.69. The molecule has 1 unspecified atom stereocenters. The van der Waals surface area contributed by atoms with Crippen LogP contribution in [0.15, 0.2) is 71.9 Å². The first-order valence-electron chi connectivity index (χ1n) is 8.52. The lowest BCUT2D eigenvalue weighted by molar-refractivity contribution is 0.110. The molecule has 0 aliphatic carbocycles. The minimum atomic E-state index is -0.709. The van der Waals surface area contributed by atoms with Gasteiger partial charge in [0.2, 0.25) is 0 Å². The molecule has 2 aromatic carbocycles. The summed E-state index contributed by atoms with van der Waals surface area (Å²) in [6.45, 7) is 0.760. The van der Waals surface area contributed by atoms with E-state index in [0.717, 1.165) is 28.1 Å². The van der Waals surface area contributed by atoms with Gasteiger partial charge in [-0.2, -0.15) is 0 Å². The Kier molecular flexibility index (Phi) is 3.30. The van der Waals surface area contributed by atoms with Crippen molar-refractivity contribution in [3.63, 3.8) is 0 Å². The minimum absolute atomic E-state index is 0.344. The number of fused-ring (bicyclic) bond motifs is 4. The number of rotatable bonds is 1. The van der Waals surface area contributed by atoms with Crippen LogP contribution in [0.4, 0.5) is 0 Å². The second-order valence-electron chi connectivity index (χ2n) is 6.46. The molecule has 3 heterocycles. The van der Waals surface area contributed by atoms with Gasteiger partial charge >= 0.3 is 0 Å². The molecular weight excluding hydrogens is 326 g/mol. The van der Waals surface area contributed by atoms with E-state index in [4.69, 9.17) is 20.2 Å². The topological polar surface area (TPSA) is 69.7 Å². The molecule has 1 spiro atoms. The lowest BCUT2D eigenvalue weighted by atomic mass is 9.80. The number of aromatic nitrogens is 1. The molecule has 5 heteroatoms. The summed E-state index contributed by atoms with van der Waals surface area (Å²) in [5, 5.41) is 0. The Morgan fingerprint density at radius 2 is 1.73 bits per heavy atom. The zero-order valence-electron chi connectivity index (χ0n) is 14.1. The molecule has 1 atom stereocenters. The summed E-state index contributed by atoms with van der Waals surface area (Å²) >= 11 is 0. The molecule has 0 fully saturated rings. The van der Waals surface area contributed by atoms with E-state index in [2.05, 4.69) is 4.98 Å². The van der Waals surface area contributed by atoms with Crippen molar-refractivity contribution in [1.82, 2.24) is 4.98 Å². The van der Waals surface area contributed by atoms with Crippen LogP contribution in [-0.2, 0) is 10.3 Å². The fourth-order valence-corrected chi connectivity index (χ4v) is 3.72. The molecule has 128 valence electrons. The number of pyridine rings is 1. The summed E-state index contributed by atoms with van der Waals surface area (Å²) in [7, 11) is 0. The number of para-hydroxylation sites is 1. The van der Waals surface area contributed by atoms with Gasteiger partial charge in [0.25, 0.3) is 0 Å². The molecule has 26 heavy (non-hydrogen) atoms. The van der Waals surface area contributed by atoms with E-state index in [1.54, 1.807) is 6.20 Å². The van der Waals surface area contributed by atoms with Crippen LogP contribution < -0.4 is 10.5 Å². The molecule has 2 N–H and O–H groups in total. The van der Waals surface area contributed by atoms with Gasteiger partial charge in [0.05, 0.1) is 6.61 Å². The highest BCUT2D eigenvalue weighted by Crippen LogP contribution is 2.52. The van der Waals surface area contributed by atoms with E-state index in [-0.39, 0.29) is 0 Å². The standard InChI is InChI=1S/C21H17N3O2/c22-18-12-25-13-21(24-18)15-8-4-5-9-17(15)26-20-16(21)10-11-23-19(20)14-6-2-1-3-7-14/h1-11H,12-13H2,(H2,22,24). The van der Waals surface area contributed by atoms with Crippen molar-refractivity contribution in [3.8, 4) is 22.8 Å². The third-order valence-corrected chi connectivity index (χ3v) is 4.84. The molecule has 1 aromatic heterocycles. The zero-order valence-corrected chi connectivity index (χ0v) is 14.1. The third kappa shape index (κ3) is 2.14. The summed E-state index contributed by atoms with van der Waals surface area (Å²) in [6, 6.07) is 19.9. The van der Waals surface area contributed by atoms with E-state index in [1.165, 1.54) is 0 Å². The number of nitrogens with zero attached hydrogens (tertiary/aromatic N) is 2. The predicted octanol–water partition coefficient (Wildman–Crippen LogP) is 3.49. The SMILES string of the molecule is NC1=NC2(COC1)c1ccccc1Oc1c2ccnc1-c1ccccc1. The molecular formula is C21H17N3O2. The molecule has 5 nitrogen and oxygen atoms in total. The first kappa shape index (κ1) is 15.1. The number of benzene rings is 2. The van der Waals surface area contributed by atoms with E-state index >= 15 is 0 Å². The molecule has 5 rings (SSSR count). The van der Waals surface area contributed by atoms with Crippen molar-refractivity contribution in [2.45, 2.75) is 5.54 Å². The van der Waals surface area contributed by atoms with Gasteiger partial charge in [-0.3, -0.25) is 9.98 Å². The Labute approximate surface area is 151 Å². The second-order valence-corrected chi connectivity index (χ2v) is 6.46. The number of nitrogens with two attached hydrogens (primary N) is 1. The Balaban J connectivity index is 1.81. The summed E-state index contributed by atoms with van der Waals surface area (Å²) in [6.07, 6.45) is 1.79.